The van der Waals surface area contributed by atoms with Gasteiger partial charge in [-0.2, -0.15) is 0 Å². The van der Waals surface area contributed by atoms with Crippen LogP contribution in [-0.2, 0) is 0 Å². The highest BCUT2D eigenvalue weighted by Gasteiger charge is 2.11. The van der Waals surface area contributed by atoms with E-state index in [0.29, 0.717) is 5.92 Å². The average Bonchev–Trinajstić information content (AvgIpc) is 2.33. The van der Waals surface area contributed by atoms with E-state index in [2.05, 4.69) is 69.3 Å². The van der Waals surface area contributed by atoms with Gasteiger partial charge in [0.1, 0.15) is 0 Å². The Kier molecular flexibility index (Phi) is 3.63. The van der Waals surface area contributed by atoms with Crippen molar-refractivity contribution in [3.63, 3.8) is 0 Å². The average molecular weight is 224 g/mol. The van der Waals surface area contributed by atoms with E-state index in [1.165, 1.54) is 22.3 Å². The fraction of sp³-hybridized carbons (Fsp3) is 0.294. The Morgan fingerprint density at radius 3 is 2.12 bits per heavy atom. The summed E-state index contributed by atoms with van der Waals surface area (Å²) in [6.45, 7) is 6.55. The van der Waals surface area contributed by atoms with Gasteiger partial charge in [0.25, 0.3) is 0 Å². The molecule has 2 aromatic rings. The first-order valence-electron chi connectivity index (χ1n) is 6.34. The lowest BCUT2D eigenvalue weighted by Gasteiger charge is -2.16. The molecule has 0 aliphatic carbocycles. The predicted molar refractivity (Wildman–Crippen MR) is 74.5 cm³/mol. The number of hydrogen-bond acceptors (Lipinski definition) is 0. The smallest absolute Gasteiger partial charge is 0.00868 e. The van der Waals surface area contributed by atoms with Gasteiger partial charge in [-0.15, -0.1) is 0 Å². The number of aryl methyl sites for hydroxylation is 2. The first kappa shape index (κ1) is 11.9. The predicted octanol–water partition coefficient (Wildman–Crippen LogP) is 4.85. The molecule has 0 bridgehead atoms. The SMILES string of the molecule is CCC(c1ccc(C)cc1)c1cccc(C)c1. The van der Waals surface area contributed by atoms with Gasteiger partial charge in [0.2, 0.25) is 0 Å². The van der Waals surface area contributed by atoms with Gasteiger partial charge < -0.3 is 0 Å². The van der Waals surface area contributed by atoms with E-state index in [9.17, 15) is 0 Å². The molecule has 0 saturated heterocycles. The van der Waals surface area contributed by atoms with Gasteiger partial charge in [-0.1, -0.05) is 66.6 Å². The van der Waals surface area contributed by atoms with Crippen LogP contribution in [0.25, 0.3) is 0 Å². The van der Waals surface area contributed by atoms with Crippen molar-refractivity contribution in [3.05, 3.63) is 70.8 Å². The molecule has 0 heteroatoms. The summed E-state index contributed by atoms with van der Waals surface area (Å²) in [5.74, 6) is 0.524. The minimum absolute atomic E-state index is 0.524. The molecule has 0 aliphatic heterocycles. The second-order valence-corrected chi connectivity index (χ2v) is 4.79. The first-order chi connectivity index (χ1) is 8.20. The fourth-order valence-electron chi connectivity index (χ4n) is 2.35. The molecule has 2 rings (SSSR count). The summed E-state index contributed by atoms with van der Waals surface area (Å²) in [6.07, 6.45) is 1.15. The molecule has 2 aromatic carbocycles. The lowest BCUT2D eigenvalue weighted by Crippen LogP contribution is -1.99. The van der Waals surface area contributed by atoms with E-state index >= 15 is 0 Å². The van der Waals surface area contributed by atoms with E-state index in [0.717, 1.165) is 6.42 Å². The van der Waals surface area contributed by atoms with Gasteiger partial charge in [0.05, 0.1) is 0 Å². The van der Waals surface area contributed by atoms with Crippen LogP contribution < -0.4 is 0 Å². The highest BCUT2D eigenvalue weighted by Crippen LogP contribution is 2.28. The van der Waals surface area contributed by atoms with Crippen LogP contribution >= 0.6 is 0 Å². The highest BCUT2D eigenvalue weighted by atomic mass is 14.2. The minimum Gasteiger partial charge on any atom is -0.0645 e. The number of hydrogen-bond donors (Lipinski definition) is 0. The normalized spacial score (nSPS) is 12.4. The third-order valence-electron chi connectivity index (χ3n) is 3.33. The third-order valence-corrected chi connectivity index (χ3v) is 3.33. The standard InChI is InChI=1S/C17H20/c1-4-17(15-10-8-13(2)9-11-15)16-7-5-6-14(3)12-16/h5-12,17H,4H2,1-3H3. The quantitative estimate of drug-likeness (QED) is 0.699. The maximum Gasteiger partial charge on any atom is 0.00868 e. The monoisotopic (exact) mass is 224 g/mol. The summed E-state index contributed by atoms with van der Waals surface area (Å²) in [5.41, 5.74) is 5.51. The first-order valence-corrected chi connectivity index (χ1v) is 6.34. The molecule has 0 N–H and O–H groups in total. The Balaban J connectivity index is 2.36. The molecule has 1 unspecified atom stereocenters. The second kappa shape index (κ2) is 5.18. The van der Waals surface area contributed by atoms with Crippen LogP contribution in [0.4, 0.5) is 0 Å². The lowest BCUT2D eigenvalue weighted by molar-refractivity contribution is 0.776. The summed E-state index contributed by atoms with van der Waals surface area (Å²) in [5, 5.41) is 0. The lowest BCUT2D eigenvalue weighted by atomic mass is 9.88. The maximum atomic E-state index is 2.30. The summed E-state index contributed by atoms with van der Waals surface area (Å²) in [6, 6.07) is 17.8. The highest BCUT2D eigenvalue weighted by molar-refractivity contribution is 5.35. The molecule has 0 aromatic heterocycles. The number of benzene rings is 2. The molecule has 0 amide bonds. The number of rotatable bonds is 3. The van der Waals surface area contributed by atoms with Gasteiger partial charge in [0, 0.05) is 5.92 Å². The van der Waals surface area contributed by atoms with Crippen molar-refractivity contribution in [2.24, 2.45) is 0 Å². The van der Waals surface area contributed by atoms with Crippen molar-refractivity contribution < 1.29 is 0 Å². The molecule has 0 aliphatic rings. The molecule has 0 heterocycles. The van der Waals surface area contributed by atoms with Gasteiger partial charge in [-0.3, -0.25) is 0 Å². The van der Waals surface area contributed by atoms with Gasteiger partial charge in [-0.05, 0) is 31.4 Å². The Bertz CT molecular complexity index is 480. The van der Waals surface area contributed by atoms with Crippen LogP contribution in [-0.4, -0.2) is 0 Å². The Morgan fingerprint density at radius 2 is 1.53 bits per heavy atom. The zero-order chi connectivity index (χ0) is 12.3. The van der Waals surface area contributed by atoms with Crippen molar-refractivity contribution in [3.8, 4) is 0 Å². The molecule has 0 nitrogen and oxygen atoms in total. The summed E-state index contributed by atoms with van der Waals surface area (Å²) >= 11 is 0. The molecule has 88 valence electrons. The molecule has 17 heavy (non-hydrogen) atoms. The van der Waals surface area contributed by atoms with Crippen LogP contribution in [0.3, 0.4) is 0 Å². The summed E-state index contributed by atoms with van der Waals surface area (Å²) in [4.78, 5) is 0. The van der Waals surface area contributed by atoms with Gasteiger partial charge in [-0.25, -0.2) is 0 Å². The summed E-state index contributed by atoms with van der Waals surface area (Å²) in [7, 11) is 0. The van der Waals surface area contributed by atoms with Crippen LogP contribution in [0.15, 0.2) is 48.5 Å². The molecule has 1 atom stereocenters. The Morgan fingerprint density at radius 1 is 0.824 bits per heavy atom. The van der Waals surface area contributed by atoms with Crippen LogP contribution in [0, 0.1) is 13.8 Å². The molecule has 0 fully saturated rings. The Labute approximate surface area is 104 Å². The molecule has 0 radical (unpaired) electrons. The Hall–Kier alpha value is -1.56. The van der Waals surface area contributed by atoms with Crippen LogP contribution in [0.1, 0.15) is 41.5 Å². The van der Waals surface area contributed by atoms with Crippen molar-refractivity contribution in [2.45, 2.75) is 33.1 Å². The maximum absolute atomic E-state index is 2.30. The fourth-order valence-corrected chi connectivity index (χ4v) is 2.35. The largest absolute Gasteiger partial charge is 0.0645 e. The van der Waals surface area contributed by atoms with E-state index in [1.54, 1.807) is 0 Å². The zero-order valence-electron chi connectivity index (χ0n) is 10.9. The van der Waals surface area contributed by atoms with Gasteiger partial charge in [0.15, 0.2) is 0 Å². The summed E-state index contributed by atoms with van der Waals surface area (Å²) < 4.78 is 0. The molecular weight excluding hydrogens is 204 g/mol. The zero-order valence-corrected chi connectivity index (χ0v) is 10.9. The van der Waals surface area contributed by atoms with Crippen molar-refractivity contribution in [2.75, 3.05) is 0 Å². The molecule has 0 saturated carbocycles. The van der Waals surface area contributed by atoms with Crippen LogP contribution in [0.5, 0.6) is 0 Å². The van der Waals surface area contributed by atoms with E-state index in [4.69, 9.17) is 0 Å². The van der Waals surface area contributed by atoms with E-state index in [1.807, 2.05) is 0 Å². The second-order valence-electron chi connectivity index (χ2n) is 4.79. The topological polar surface area (TPSA) is 0 Å². The van der Waals surface area contributed by atoms with Crippen molar-refractivity contribution in [1.82, 2.24) is 0 Å². The molecule has 0 spiro atoms. The van der Waals surface area contributed by atoms with Gasteiger partial charge >= 0.3 is 0 Å². The van der Waals surface area contributed by atoms with Crippen molar-refractivity contribution in [1.29, 1.82) is 0 Å². The van der Waals surface area contributed by atoms with E-state index < -0.39 is 0 Å². The third kappa shape index (κ3) is 2.76. The van der Waals surface area contributed by atoms with Crippen LogP contribution in [0.2, 0.25) is 0 Å². The van der Waals surface area contributed by atoms with E-state index in [-0.39, 0.29) is 0 Å². The van der Waals surface area contributed by atoms with Crippen molar-refractivity contribution >= 4 is 0 Å². The minimum atomic E-state index is 0.524. The molecular formula is C17H20.